The van der Waals surface area contributed by atoms with Gasteiger partial charge in [-0.3, -0.25) is 0 Å². The second kappa shape index (κ2) is 4.71. The van der Waals surface area contributed by atoms with E-state index in [2.05, 4.69) is 25.8 Å². The monoisotopic (exact) mass is 223 g/mol. The highest BCUT2D eigenvalue weighted by atomic mass is 35.5. The number of aromatic amines is 1. The van der Waals surface area contributed by atoms with Gasteiger partial charge < -0.3 is 4.98 Å². The van der Waals surface area contributed by atoms with Gasteiger partial charge in [0.15, 0.2) is 0 Å². The predicted octanol–water partition coefficient (Wildman–Crippen LogP) is 4.77. The predicted molar refractivity (Wildman–Crippen MR) is 68.9 cm³/mol. The lowest BCUT2D eigenvalue weighted by atomic mass is 10.1. The molecule has 82 valence electrons. The Morgan fingerprint density at radius 2 is 1.67 bits per heavy atom. The lowest BCUT2D eigenvalue weighted by Crippen LogP contribution is -1.76. The third-order valence-electron chi connectivity index (χ3n) is 2.61. The minimum absolute atomic E-state index is 0.836. The van der Waals surface area contributed by atoms with Crippen molar-refractivity contribution in [3.05, 3.63) is 34.0 Å². The van der Waals surface area contributed by atoms with Gasteiger partial charge in [0.1, 0.15) is 0 Å². The Morgan fingerprint density at radius 3 is 2.20 bits per heavy atom. The molecule has 0 spiro atoms. The molecule has 1 N–H and O–H groups in total. The molecule has 1 heterocycles. The number of hydrogen-bond donors (Lipinski definition) is 1. The fraction of sp³-hybridized carbons (Fsp3) is 0.385. The Kier molecular flexibility index (Phi) is 3.81. The van der Waals surface area contributed by atoms with E-state index < -0.39 is 0 Å². The van der Waals surface area contributed by atoms with Crippen LogP contribution in [-0.2, 0) is 0 Å². The van der Waals surface area contributed by atoms with Gasteiger partial charge >= 0.3 is 0 Å². The first-order valence-corrected chi connectivity index (χ1v) is 5.73. The smallest absolute Gasteiger partial charge is 0.0503 e. The molecule has 15 heavy (non-hydrogen) atoms. The van der Waals surface area contributed by atoms with Gasteiger partial charge in [0, 0.05) is 11.1 Å². The summed E-state index contributed by atoms with van der Waals surface area (Å²) >= 11 is 6.13. The van der Waals surface area contributed by atoms with E-state index in [-0.39, 0.29) is 0 Å². The van der Waals surface area contributed by atoms with Gasteiger partial charge in [0.05, 0.1) is 10.5 Å². The summed E-state index contributed by atoms with van der Waals surface area (Å²) in [4.78, 5) is 3.35. The van der Waals surface area contributed by atoms with E-state index in [1.54, 1.807) is 0 Å². The Morgan fingerprint density at radius 1 is 1.07 bits per heavy atom. The maximum atomic E-state index is 6.13. The minimum Gasteiger partial charge on any atom is -0.358 e. The van der Waals surface area contributed by atoms with Crippen molar-refractivity contribution in [2.24, 2.45) is 0 Å². The van der Waals surface area contributed by atoms with Crippen LogP contribution in [0.3, 0.4) is 0 Å². The van der Waals surface area contributed by atoms with E-state index in [9.17, 15) is 0 Å². The van der Waals surface area contributed by atoms with Crippen molar-refractivity contribution in [2.75, 3.05) is 0 Å². The molecular weight excluding hydrogens is 206 g/mol. The third kappa shape index (κ3) is 2.03. The number of aromatic nitrogens is 1. The molecule has 1 aromatic heterocycles. The zero-order valence-corrected chi connectivity index (χ0v) is 10.8. The fourth-order valence-corrected chi connectivity index (χ4v) is 1.98. The van der Waals surface area contributed by atoms with Crippen LogP contribution in [0.2, 0.25) is 5.02 Å². The van der Waals surface area contributed by atoms with Crippen molar-refractivity contribution in [1.82, 2.24) is 4.98 Å². The number of rotatable bonds is 0. The molecule has 0 saturated carbocycles. The summed E-state index contributed by atoms with van der Waals surface area (Å²) < 4.78 is 0. The zero-order chi connectivity index (χ0) is 11.6. The first-order chi connectivity index (χ1) is 7.11. The van der Waals surface area contributed by atoms with Gasteiger partial charge in [-0.05, 0) is 38.0 Å². The van der Waals surface area contributed by atoms with Crippen LogP contribution in [0.5, 0.6) is 0 Å². The zero-order valence-electron chi connectivity index (χ0n) is 10.0. The fourth-order valence-electron chi connectivity index (χ4n) is 1.68. The topological polar surface area (TPSA) is 15.8 Å². The van der Waals surface area contributed by atoms with Crippen LogP contribution in [0.15, 0.2) is 12.1 Å². The van der Waals surface area contributed by atoms with Crippen LogP contribution < -0.4 is 0 Å². The lowest BCUT2D eigenvalue weighted by Gasteiger charge is -1.98. The quantitative estimate of drug-likeness (QED) is 0.662. The molecule has 0 atom stereocenters. The van der Waals surface area contributed by atoms with Crippen LogP contribution in [-0.4, -0.2) is 4.98 Å². The molecule has 0 amide bonds. The van der Waals surface area contributed by atoms with Crippen LogP contribution >= 0.6 is 11.6 Å². The second-order valence-corrected chi connectivity index (χ2v) is 3.90. The van der Waals surface area contributed by atoms with Gasteiger partial charge in [0.25, 0.3) is 0 Å². The second-order valence-electron chi connectivity index (χ2n) is 3.49. The average Bonchev–Trinajstić information content (AvgIpc) is 2.54. The van der Waals surface area contributed by atoms with Crippen LogP contribution in [0.1, 0.15) is 30.7 Å². The minimum atomic E-state index is 0.836. The van der Waals surface area contributed by atoms with E-state index in [0.29, 0.717) is 0 Å². The van der Waals surface area contributed by atoms with Crippen molar-refractivity contribution in [3.63, 3.8) is 0 Å². The van der Waals surface area contributed by atoms with E-state index in [1.165, 1.54) is 27.7 Å². The summed E-state index contributed by atoms with van der Waals surface area (Å²) in [5.74, 6) is 0. The van der Waals surface area contributed by atoms with E-state index in [1.807, 2.05) is 26.0 Å². The number of nitrogens with one attached hydrogen (secondary N) is 1. The molecule has 0 aliphatic rings. The molecule has 0 aliphatic heterocycles. The maximum Gasteiger partial charge on any atom is 0.0503 e. The summed E-state index contributed by atoms with van der Waals surface area (Å²) in [7, 11) is 0. The molecule has 1 nitrogen and oxygen atoms in total. The number of H-pyrrole nitrogens is 1. The molecule has 2 aromatic rings. The number of fused-ring (bicyclic) bond motifs is 1. The summed E-state index contributed by atoms with van der Waals surface area (Å²) in [6.07, 6.45) is 0. The first kappa shape index (κ1) is 12.1. The summed E-state index contributed by atoms with van der Waals surface area (Å²) in [5, 5.41) is 2.00. The SMILES string of the molecule is CC.Cc1[nH]c2c(C)ccc(Cl)c2c1C. The number of hydrogen-bond acceptors (Lipinski definition) is 0. The summed E-state index contributed by atoms with van der Waals surface area (Å²) in [5.41, 5.74) is 4.87. The summed E-state index contributed by atoms with van der Waals surface area (Å²) in [6.45, 7) is 10.3. The molecular formula is C13H18ClN. The maximum absolute atomic E-state index is 6.13. The van der Waals surface area contributed by atoms with Gasteiger partial charge in [-0.1, -0.05) is 31.5 Å². The Labute approximate surface area is 96.5 Å². The molecule has 0 aliphatic carbocycles. The molecule has 0 saturated heterocycles. The molecule has 2 rings (SSSR count). The van der Waals surface area contributed by atoms with Gasteiger partial charge in [0.2, 0.25) is 0 Å². The molecule has 1 aromatic carbocycles. The average molecular weight is 224 g/mol. The number of halogens is 1. The van der Waals surface area contributed by atoms with Gasteiger partial charge in [-0.15, -0.1) is 0 Å². The van der Waals surface area contributed by atoms with Crippen molar-refractivity contribution in [1.29, 1.82) is 0 Å². The van der Waals surface area contributed by atoms with Crippen LogP contribution in [0.4, 0.5) is 0 Å². The molecule has 0 radical (unpaired) electrons. The van der Waals surface area contributed by atoms with Gasteiger partial charge in [-0.25, -0.2) is 0 Å². The highest BCUT2D eigenvalue weighted by molar-refractivity contribution is 6.35. The van der Waals surface area contributed by atoms with Crippen molar-refractivity contribution in [3.8, 4) is 0 Å². The largest absolute Gasteiger partial charge is 0.358 e. The third-order valence-corrected chi connectivity index (χ3v) is 2.93. The van der Waals surface area contributed by atoms with Crippen LogP contribution in [0.25, 0.3) is 10.9 Å². The lowest BCUT2D eigenvalue weighted by molar-refractivity contribution is 1.25. The van der Waals surface area contributed by atoms with Gasteiger partial charge in [-0.2, -0.15) is 0 Å². The van der Waals surface area contributed by atoms with Crippen LogP contribution in [0, 0.1) is 20.8 Å². The van der Waals surface area contributed by atoms with E-state index in [4.69, 9.17) is 11.6 Å². The van der Waals surface area contributed by atoms with E-state index in [0.717, 1.165) is 5.02 Å². The van der Waals surface area contributed by atoms with Crippen molar-refractivity contribution in [2.45, 2.75) is 34.6 Å². The first-order valence-electron chi connectivity index (χ1n) is 5.35. The number of benzene rings is 1. The Hall–Kier alpha value is -0.950. The standard InChI is InChI=1S/C11H12ClN.C2H6/c1-6-4-5-9(12)10-7(2)8(3)13-11(6)10;1-2/h4-5,13H,1-3H3;1-2H3. The summed E-state index contributed by atoms with van der Waals surface area (Å²) in [6, 6.07) is 4.00. The van der Waals surface area contributed by atoms with E-state index >= 15 is 0 Å². The number of aryl methyl sites for hydroxylation is 3. The molecule has 0 fully saturated rings. The molecule has 0 bridgehead atoms. The normalized spacial score (nSPS) is 10.0. The molecule has 0 unspecified atom stereocenters. The molecule has 2 heteroatoms. The van der Waals surface area contributed by atoms with Crippen molar-refractivity contribution >= 4 is 22.5 Å². The van der Waals surface area contributed by atoms with Crippen molar-refractivity contribution < 1.29 is 0 Å². The highest BCUT2D eigenvalue weighted by Gasteiger charge is 2.08. The Bertz CT molecular complexity index is 469. The Balaban J connectivity index is 0.000000531. The highest BCUT2D eigenvalue weighted by Crippen LogP contribution is 2.30.